The predicted octanol–water partition coefficient (Wildman–Crippen LogP) is 11.5. The Morgan fingerprint density at radius 2 is 0.772 bits per heavy atom. The second kappa shape index (κ2) is 57.4. The van der Waals surface area contributed by atoms with Gasteiger partial charge in [-0.3, -0.25) is 18.6 Å². The molecule has 18 atom stereocenters. The summed E-state index contributed by atoms with van der Waals surface area (Å²) in [6.45, 7) is 3.37. The standard InChI is InChI=1S/C76H137O24P/c1-4-7-10-13-16-19-22-25-28-31-33-35-38-41-44-47-50-60(78)92-54-57(95-62(80)52-49-46-43-40-37-34-30-27-24-21-18-15-12-9-6-3)55-94-101(90,91)100-74-72(98-75-70(88)65(83)63(81)58(53-77)96-75)68(86)67(85)69(87)73(74)99-76-71(89)66(84)64(82)59(97-76)56-93-61(79)51-48-45-42-39-36-32-29-26-23-20-17-14-11-8-5-2/h21,24,42,45,48,51,57-59,63-77,81-89H,4-20,22-23,25-41,43-44,46-47,49-50,52-56H2,1-3H3,(H,90,91)/b24-21-,45-42+,51-48+. The van der Waals surface area contributed by atoms with Crippen LogP contribution in [0.4, 0.5) is 0 Å². The van der Waals surface area contributed by atoms with Gasteiger partial charge in [0.15, 0.2) is 18.7 Å². The monoisotopic (exact) mass is 1460 g/mol. The molecule has 25 heteroatoms. The number of aliphatic hydroxyl groups is 10. The van der Waals surface area contributed by atoms with Crippen LogP contribution in [0.3, 0.4) is 0 Å². The summed E-state index contributed by atoms with van der Waals surface area (Å²) in [5.41, 5.74) is 0. The van der Waals surface area contributed by atoms with E-state index in [1.165, 1.54) is 147 Å². The van der Waals surface area contributed by atoms with Gasteiger partial charge in [0.2, 0.25) is 0 Å². The summed E-state index contributed by atoms with van der Waals surface area (Å²) in [7, 11) is -5.71. The topological polar surface area (TPSA) is 374 Å². The minimum absolute atomic E-state index is 0.0445. The van der Waals surface area contributed by atoms with Crippen LogP contribution in [0, 0.1) is 0 Å². The lowest BCUT2D eigenvalue weighted by Gasteiger charge is -2.49. The molecule has 0 amide bonds. The third kappa shape index (κ3) is 40.1. The Morgan fingerprint density at radius 3 is 1.21 bits per heavy atom. The molecule has 101 heavy (non-hydrogen) atoms. The fourth-order valence-corrected chi connectivity index (χ4v) is 13.8. The van der Waals surface area contributed by atoms with E-state index in [2.05, 4.69) is 32.9 Å². The van der Waals surface area contributed by atoms with Crippen molar-refractivity contribution in [2.45, 2.75) is 401 Å². The van der Waals surface area contributed by atoms with Crippen molar-refractivity contribution >= 4 is 25.7 Å². The largest absolute Gasteiger partial charge is 0.472 e. The number of unbranched alkanes of at least 4 members (excludes halogenated alkanes) is 37. The molecule has 2 heterocycles. The van der Waals surface area contributed by atoms with Gasteiger partial charge in [-0.15, -0.1) is 0 Å². The molecule has 0 aromatic heterocycles. The maximum atomic E-state index is 14.4. The zero-order valence-corrected chi connectivity index (χ0v) is 62.6. The maximum Gasteiger partial charge on any atom is 0.472 e. The first-order valence-corrected chi connectivity index (χ1v) is 40.8. The van der Waals surface area contributed by atoms with E-state index in [1.807, 2.05) is 6.08 Å². The minimum atomic E-state index is -5.71. The van der Waals surface area contributed by atoms with E-state index in [-0.39, 0.29) is 12.8 Å². The number of allylic oxidation sites excluding steroid dienone is 5. The van der Waals surface area contributed by atoms with Crippen LogP contribution in [0.25, 0.3) is 0 Å². The number of phosphoric ester groups is 1. The first-order valence-electron chi connectivity index (χ1n) is 39.3. The Balaban J connectivity index is 1.73. The third-order valence-corrected chi connectivity index (χ3v) is 20.2. The van der Waals surface area contributed by atoms with Gasteiger partial charge in [0.05, 0.1) is 13.2 Å². The average Bonchev–Trinajstić information content (AvgIpc) is 0.761. The van der Waals surface area contributed by atoms with E-state index in [1.54, 1.807) is 6.08 Å². The molecular formula is C76H137O24P. The first-order chi connectivity index (χ1) is 48.8. The second-order valence-electron chi connectivity index (χ2n) is 28.1. The van der Waals surface area contributed by atoms with Crippen molar-refractivity contribution in [3.8, 4) is 0 Å². The molecule has 3 aliphatic rings. The Hall–Kier alpha value is -2.82. The van der Waals surface area contributed by atoms with Gasteiger partial charge in [-0.2, -0.15) is 0 Å². The van der Waals surface area contributed by atoms with Gasteiger partial charge in [0, 0.05) is 18.9 Å². The Kier molecular flexibility index (Phi) is 52.5. The molecule has 3 fully saturated rings. The van der Waals surface area contributed by atoms with Crippen molar-refractivity contribution < 1.29 is 117 Å². The number of carbonyl (C=O) groups is 3. The molecule has 18 unspecified atom stereocenters. The third-order valence-electron chi connectivity index (χ3n) is 19.2. The highest BCUT2D eigenvalue weighted by Gasteiger charge is 2.58. The lowest BCUT2D eigenvalue weighted by Crippen LogP contribution is -2.69. The van der Waals surface area contributed by atoms with Crippen LogP contribution in [-0.2, 0) is 61.2 Å². The van der Waals surface area contributed by atoms with E-state index in [0.29, 0.717) is 12.8 Å². The summed E-state index contributed by atoms with van der Waals surface area (Å²) in [6, 6.07) is 0. The minimum Gasteiger partial charge on any atom is -0.462 e. The van der Waals surface area contributed by atoms with Crippen LogP contribution in [0.15, 0.2) is 36.5 Å². The molecule has 3 rings (SSSR count). The van der Waals surface area contributed by atoms with Gasteiger partial charge in [-0.25, -0.2) is 9.36 Å². The van der Waals surface area contributed by atoms with E-state index in [4.69, 9.17) is 42.2 Å². The summed E-state index contributed by atoms with van der Waals surface area (Å²) in [5, 5.41) is 110. The number of hydrogen-bond acceptors (Lipinski definition) is 23. The zero-order chi connectivity index (χ0) is 73.9. The molecule has 1 saturated carbocycles. The lowest BCUT2D eigenvalue weighted by atomic mass is 9.84. The van der Waals surface area contributed by atoms with Crippen LogP contribution < -0.4 is 0 Å². The lowest BCUT2D eigenvalue weighted by molar-refractivity contribution is -0.360. The van der Waals surface area contributed by atoms with E-state index < -0.39 is 156 Å². The Labute approximate surface area is 604 Å². The molecule has 0 aromatic carbocycles. The van der Waals surface area contributed by atoms with Crippen molar-refractivity contribution in [1.82, 2.24) is 0 Å². The van der Waals surface area contributed by atoms with Gasteiger partial charge >= 0.3 is 25.7 Å². The maximum absolute atomic E-state index is 14.4. The SMILES string of the molecule is CCCCCC/C=C\CCCCCCCCCC(=O)OC(COC(=O)CCCCCCCCCCCCCCCCCC)COP(=O)(O)OC1C(OC2OC(CO)C(O)C(O)C2O)C(O)C(O)C(O)C1OC1OC(COC(=O)/C=C/C=C/CCCCCCCCCCCCC)C(O)C(O)C1O. The van der Waals surface area contributed by atoms with Crippen LogP contribution in [-0.4, -0.2) is 204 Å². The molecule has 2 aliphatic heterocycles. The highest BCUT2D eigenvalue weighted by atomic mass is 31.2. The fourth-order valence-electron chi connectivity index (χ4n) is 12.8. The number of carbonyl (C=O) groups excluding carboxylic acids is 3. The van der Waals surface area contributed by atoms with Crippen LogP contribution in [0.5, 0.6) is 0 Å². The molecule has 24 nitrogen and oxygen atoms in total. The second-order valence-corrected chi connectivity index (χ2v) is 29.5. The summed E-state index contributed by atoms with van der Waals surface area (Å²) in [5.74, 6) is -2.22. The van der Waals surface area contributed by atoms with Gasteiger partial charge in [0.25, 0.3) is 0 Å². The number of esters is 3. The summed E-state index contributed by atoms with van der Waals surface area (Å²) < 4.78 is 64.9. The van der Waals surface area contributed by atoms with Crippen LogP contribution in [0.1, 0.15) is 297 Å². The van der Waals surface area contributed by atoms with Crippen molar-refractivity contribution in [2.75, 3.05) is 26.4 Å². The van der Waals surface area contributed by atoms with Crippen molar-refractivity contribution in [2.24, 2.45) is 0 Å². The molecule has 11 N–H and O–H groups in total. The molecule has 0 spiro atoms. The molecule has 0 radical (unpaired) electrons. The number of hydrogen-bond donors (Lipinski definition) is 11. The highest BCUT2D eigenvalue weighted by molar-refractivity contribution is 7.47. The fraction of sp³-hybridized carbons (Fsp3) is 0.882. The molecule has 590 valence electrons. The molecule has 1 aliphatic carbocycles. The van der Waals surface area contributed by atoms with Crippen molar-refractivity contribution in [3.63, 3.8) is 0 Å². The number of aliphatic hydroxyl groups excluding tert-OH is 10. The Bertz CT molecular complexity index is 2220. The predicted molar refractivity (Wildman–Crippen MR) is 384 cm³/mol. The molecule has 0 bridgehead atoms. The van der Waals surface area contributed by atoms with Gasteiger partial charge in [-0.1, -0.05) is 263 Å². The van der Waals surface area contributed by atoms with Gasteiger partial charge in [-0.05, 0) is 51.4 Å². The zero-order valence-electron chi connectivity index (χ0n) is 61.7. The Morgan fingerprint density at radius 1 is 0.406 bits per heavy atom. The first kappa shape index (κ1) is 92.4. The number of rotatable bonds is 61. The number of ether oxygens (including phenoxy) is 7. The van der Waals surface area contributed by atoms with E-state index in [0.717, 1.165) is 115 Å². The summed E-state index contributed by atoms with van der Waals surface area (Å²) in [6.07, 6.45) is 21.1. The molecular weight excluding hydrogens is 1330 g/mol. The van der Waals surface area contributed by atoms with Crippen molar-refractivity contribution in [1.29, 1.82) is 0 Å². The van der Waals surface area contributed by atoms with Gasteiger partial charge < -0.3 is 89.1 Å². The average molecular weight is 1470 g/mol. The summed E-state index contributed by atoms with van der Waals surface area (Å²) >= 11 is 0. The van der Waals surface area contributed by atoms with Crippen LogP contribution in [0.2, 0.25) is 0 Å². The van der Waals surface area contributed by atoms with Crippen molar-refractivity contribution in [3.05, 3.63) is 36.5 Å². The number of phosphoric acid groups is 1. The smallest absolute Gasteiger partial charge is 0.462 e. The summed E-state index contributed by atoms with van der Waals surface area (Å²) in [4.78, 5) is 51.0. The van der Waals surface area contributed by atoms with Crippen LogP contribution >= 0.6 is 7.82 Å². The van der Waals surface area contributed by atoms with Gasteiger partial charge in [0.1, 0.15) is 98.7 Å². The quantitative estimate of drug-likeness (QED) is 0.00512. The molecule has 2 saturated heterocycles. The van der Waals surface area contributed by atoms with E-state index >= 15 is 0 Å². The van der Waals surface area contributed by atoms with E-state index in [9.17, 15) is 74.9 Å². The highest BCUT2D eigenvalue weighted by Crippen LogP contribution is 2.49. The molecule has 0 aromatic rings. The normalized spacial score (nSPS) is 27.3.